The van der Waals surface area contributed by atoms with Gasteiger partial charge >= 0.3 is 0 Å². The van der Waals surface area contributed by atoms with Crippen molar-refractivity contribution < 1.29 is 9.53 Å². The van der Waals surface area contributed by atoms with Gasteiger partial charge in [0.15, 0.2) is 5.96 Å². The minimum absolute atomic E-state index is 0.0459. The molecule has 146 valence electrons. The van der Waals surface area contributed by atoms with Crippen LogP contribution >= 0.6 is 0 Å². The zero-order chi connectivity index (χ0) is 19.6. The van der Waals surface area contributed by atoms with Crippen LogP contribution < -0.4 is 15.4 Å². The van der Waals surface area contributed by atoms with E-state index in [1.807, 2.05) is 43.0 Å². The highest BCUT2D eigenvalue weighted by molar-refractivity contribution is 5.81. The molecule has 1 unspecified atom stereocenters. The molecule has 1 aromatic rings. The molecule has 1 saturated heterocycles. The van der Waals surface area contributed by atoms with Crippen LogP contribution in [-0.4, -0.2) is 56.1 Å². The Kier molecular flexibility index (Phi) is 8.00. The Hall–Kier alpha value is -2.68. The predicted octanol–water partition coefficient (Wildman–Crippen LogP) is 1.66. The lowest BCUT2D eigenvalue weighted by atomic mass is 10.1. The third-order valence-electron chi connectivity index (χ3n) is 4.51. The van der Waals surface area contributed by atoms with E-state index >= 15 is 0 Å². The molecule has 2 N–H and O–H groups in total. The van der Waals surface area contributed by atoms with Gasteiger partial charge in [-0.1, -0.05) is 31.9 Å². The minimum atomic E-state index is 0.0459. The molecule has 1 heterocycles. The van der Waals surface area contributed by atoms with Crippen molar-refractivity contribution in [2.24, 2.45) is 10.9 Å². The zero-order valence-corrected chi connectivity index (χ0v) is 16.5. The van der Waals surface area contributed by atoms with E-state index in [1.54, 1.807) is 7.05 Å². The smallest absolute Gasteiger partial charge is 0.225 e. The number of guanidine groups is 1. The molecule has 0 aliphatic carbocycles. The summed E-state index contributed by atoms with van der Waals surface area (Å²) in [4.78, 5) is 18.3. The lowest BCUT2D eigenvalue weighted by Gasteiger charge is -2.20. The van der Waals surface area contributed by atoms with Crippen LogP contribution in [0.2, 0.25) is 0 Å². The van der Waals surface area contributed by atoms with Gasteiger partial charge in [0.2, 0.25) is 5.91 Å². The summed E-state index contributed by atoms with van der Waals surface area (Å²) in [6.07, 6.45) is 7.00. The third kappa shape index (κ3) is 6.52. The number of nitrogens with zero attached hydrogens (tertiary/aromatic N) is 2. The number of hydrogen-bond acceptors (Lipinski definition) is 3. The molecule has 1 amide bonds. The molecule has 1 aliphatic rings. The molecule has 0 spiro atoms. The molecular weight excluding hydrogens is 340 g/mol. The summed E-state index contributed by atoms with van der Waals surface area (Å²) in [5, 5.41) is 6.75. The maximum absolute atomic E-state index is 12.1. The van der Waals surface area contributed by atoms with Crippen molar-refractivity contribution in [2.75, 3.05) is 33.3 Å². The van der Waals surface area contributed by atoms with Gasteiger partial charge < -0.3 is 20.3 Å². The second-order valence-corrected chi connectivity index (χ2v) is 6.95. The third-order valence-corrected chi connectivity index (χ3v) is 4.51. The number of benzene rings is 1. The van der Waals surface area contributed by atoms with Crippen LogP contribution in [0.3, 0.4) is 0 Å². The Morgan fingerprint density at radius 3 is 2.78 bits per heavy atom. The van der Waals surface area contributed by atoms with Crippen molar-refractivity contribution in [3.63, 3.8) is 0 Å². The fraction of sp³-hybridized carbons (Fsp3) is 0.524. The van der Waals surface area contributed by atoms with Crippen molar-refractivity contribution in [1.82, 2.24) is 15.5 Å². The number of aliphatic imine (C=N–C) groups is 1. The van der Waals surface area contributed by atoms with Gasteiger partial charge in [-0.25, -0.2) is 0 Å². The number of hydrogen-bond donors (Lipinski definition) is 2. The Labute approximate surface area is 162 Å². The highest BCUT2D eigenvalue weighted by atomic mass is 16.5. The zero-order valence-electron chi connectivity index (χ0n) is 16.5. The largest absolute Gasteiger partial charge is 0.481 e. The van der Waals surface area contributed by atoms with E-state index in [0.717, 1.165) is 44.2 Å². The molecule has 2 rings (SSSR count). The summed E-state index contributed by atoms with van der Waals surface area (Å²) < 4.78 is 5.38. The molecule has 1 fully saturated rings. The molecular formula is C21H30N4O2. The van der Waals surface area contributed by atoms with Crippen LogP contribution in [0.1, 0.15) is 25.8 Å². The quantitative estimate of drug-likeness (QED) is 0.435. The maximum atomic E-state index is 12.1. The molecule has 1 aromatic carbocycles. The van der Waals surface area contributed by atoms with Gasteiger partial charge in [-0.3, -0.25) is 9.79 Å². The van der Waals surface area contributed by atoms with Gasteiger partial charge in [-0.15, -0.1) is 6.42 Å². The van der Waals surface area contributed by atoms with Gasteiger partial charge in [0.1, 0.15) is 12.4 Å². The molecule has 6 heteroatoms. The second kappa shape index (κ2) is 10.5. The normalized spacial score (nSPS) is 16.9. The fourth-order valence-corrected chi connectivity index (χ4v) is 3.03. The lowest BCUT2D eigenvalue weighted by molar-refractivity contribution is -0.133. The number of likely N-dealkylation sites (tertiary alicyclic amines) is 1. The van der Waals surface area contributed by atoms with E-state index in [0.29, 0.717) is 0 Å². The highest BCUT2D eigenvalue weighted by Crippen LogP contribution is 2.13. The number of ether oxygens (including phenoxy) is 1. The molecule has 6 nitrogen and oxygen atoms in total. The number of amides is 1. The van der Waals surface area contributed by atoms with Gasteiger partial charge in [-0.05, 0) is 30.5 Å². The van der Waals surface area contributed by atoms with Gasteiger partial charge in [0.05, 0.1) is 0 Å². The van der Waals surface area contributed by atoms with Gasteiger partial charge in [-0.2, -0.15) is 0 Å². The average molecular weight is 370 g/mol. The van der Waals surface area contributed by atoms with E-state index in [4.69, 9.17) is 11.2 Å². The monoisotopic (exact) mass is 370 g/mol. The van der Waals surface area contributed by atoms with E-state index in [9.17, 15) is 4.79 Å². The maximum Gasteiger partial charge on any atom is 0.225 e. The first-order valence-corrected chi connectivity index (χ1v) is 9.44. The number of rotatable bonds is 7. The lowest BCUT2D eigenvalue weighted by Crippen LogP contribution is -2.45. The van der Waals surface area contributed by atoms with Crippen LogP contribution in [0, 0.1) is 18.3 Å². The summed E-state index contributed by atoms with van der Waals surface area (Å²) in [5.74, 6) is 4.27. The molecule has 27 heavy (non-hydrogen) atoms. The van der Waals surface area contributed by atoms with Gasteiger partial charge in [0, 0.05) is 38.6 Å². The van der Waals surface area contributed by atoms with Crippen LogP contribution in [-0.2, 0) is 11.2 Å². The number of terminal acetylenes is 1. The number of carbonyl (C=O) groups excluding carboxylic acids is 1. The van der Waals surface area contributed by atoms with Crippen LogP contribution in [0.5, 0.6) is 5.75 Å². The average Bonchev–Trinajstić information content (AvgIpc) is 3.14. The predicted molar refractivity (Wildman–Crippen MR) is 109 cm³/mol. The first-order chi connectivity index (χ1) is 13.0. The molecule has 0 bridgehead atoms. The number of carbonyl (C=O) groups is 1. The standard InChI is InChI=1S/C21H30N4O2/c1-5-14-27-19-8-6-17(7-9-19)10-12-23-21(22-4)24-18-11-13-25(15-18)20(26)16(2)3/h1,6-9,16,18H,10-15H2,2-4H3,(H2,22,23,24). The Balaban J connectivity index is 1.73. The van der Waals surface area contributed by atoms with E-state index in [1.165, 1.54) is 5.56 Å². The molecule has 0 saturated carbocycles. The molecule has 1 atom stereocenters. The topological polar surface area (TPSA) is 66.0 Å². The van der Waals surface area contributed by atoms with Crippen molar-refractivity contribution in [3.05, 3.63) is 29.8 Å². The van der Waals surface area contributed by atoms with Crippen molar-refractivity contribution in [3.8, 4) is 18.1 Å². The van der Waals surface area contributed by atoms with Crippen LogP contribution in [0.4, 0.5) is 0 Å². The van der Waals surface area contributed by atoms with Crippen molar-refractivity contribution in [2.45, 2.75) is 32.7 Å². The van der Waals surface area contributed by atoms with Gasteiger partial charge in [0.25, 0.3) is 0 Å². The summed E-state index contributed by atoms with van der Waals surface area (Å²) in [6, 6.07) is 8.18. The highest BCUT2D eigenvalue weighted by Gasteiger charge is 2.27. The van der Waals surface area contributed by atoms with Crippen LogP contribution in [0.25, 0.3) is 0 Å². The Morgan fingerprint density at radius 2 is 2.15 bits per heavy atom. The minimum Gasteiger partial charge on any atom is -0.481 e. The fourth-order valence-electron chi connectivity index (χ4n) is 3.03. The second-order valence-electron chi connectivity index (χ2n) is 6.95. The molecule has 0 radical (unpaired) electrons. The Morgan fingerprint density at radius 1 is 1.41 bits per heavy atom. The van der Waals surface area contributed by atoms with Crippen LogP contribution in [0.15, 0.2) is 29.3 Å². The summed E-state index contributed by atoms with van der Waals surface area (Å²) in [6.45, 7) is 6.47. The van der Waals surface area contributed by atoms with E-state index < -0.39 is 0 Å². The molecule has 1 aliphatic heterocycles. The van der Waals surface area contributed by atoms with Crippen molar-refractivity contribution in [1.29, 1.82) is 0 Å². The number of nitrogens with one attached hydrogen (secondary N) is 2. The first-order valence-electron chi connectivity index (χ1n) is 9.44. The summed E-state index contributed by atoms with van der Waals surface area (Å²) in [5.41, 5.74) is 1.21. The van der Waals surface area contributed by atoms with E-state index in [2.05, 4.69) is 21.5 Å². The Bertz CT molecular complexity index is 676. The summed E-state index contributed by atoms with van der Waals surface area (Å²) in [7, 11) is 1.76. The summed E-state index contributed by atoms with van der Waals surface area (Å²) >= 11 is 0. The van der Waals surface area contributed by atoms with E-state index in [-0.39, 0.29) is 24.5 Å². The van der Waals surface area contributed by atoms with Crippen molar-refractivity contribution >= 4 is 11.9 Å². The first kappa shape index (κ1) is 20.6. The SMILES string of the molecule is C#CCOc1ccc(CCNC(=NC)NC2CCN(C(=O)C(C)C)C2)cc1. The molecule has 0 aromatic heterocycles.